The van der Waals surface area contributed by atoms with E-state index in [-0.39, 0.29) is 24.4 Å². The Hall–Kier alpha value is -4.57. The number of carbonyl (C=O) groups is 3. The highest BCUT2D eigenvalue weighted by Gasteiger charge is 2.43. The van der Waals surface area contributed by atoms with Gasteiger partial charge in [0.2, 0.25) is 28.3 Å². The van der Waals surface area contributed by atoms with Crippen molar-refractivity contribution in [2.24, 2.45) is 11.3 Å². The predicted molar refractivity (Wildman–Crippen MR) is 223 cm³/mol. The minimum Gasteiger partial charge on any atom is -0.496 e. The number of benzene rings is 2. The number of hydrogen-bond donors (Lipinski definition) is 5. The van der Waals surface area contributed by atoms with E-state index < -0.39 is 62.9 Å². The Bertz CT molecular complexity index is 2100. The van der Waals surface area contributed by atoms with Crippen molar-refractivity contribution in [3.8, 4) is 17.0 Å². The van der Waals surface area contributed by atoms with Gasteiger partial charge < -0.3 is 29.8 Å². The summed E-state index contributed by atoms with van der Waals surface area (Å²) >= 11 is 0. The van der Waals surface area contributed by atoms with E-state index in [0.29, 0.717) is 55.3 Å². The fourth-order valence-corrected chi connectivity index (χ4v) is 8.66. The molecular weight excluding hydrogens is 763 g/mol. The van der Waals surface area contributed by atoms with Crippen LogP contribution in [-0.2, 0) is 35.6 Å². The number of sulfonamides is 1. The van der Waals surface area contributed by atoms with Crippen LogP contribution < -0.4 is 25.5 Å². The molecule has 1 aliphatic carbocycles. The molecule has 316 valence electrons. The second-order valence-corrected chi connectivity index (χ2v) is 18.6. The molecule has 3 aromatic rings. The fraction of sp³-hybridized carbons (Fsp3) is 0.535. The molecule has 3 amide bonds. The lowest BCUT2D eigenvalue weighted by Crippen LogP contribution is -2.60. The van der Waals surface area contributed by atoms with E-state index in [1.54, 1.807) is 13.2 Å². The zero-order valence-corrected chi connectivity index (χ0v) is 35.0. The van der Waals surface area contributed by atoms with Crippen LogP contribution in [0.2, 0.25) is 0 Å². The zero-order valence-electron chi connectivity index (χ0n) is 34.2. The number of aliphatic hydroxyl groups is 1. The smallest absolute Gasteiger partial charge is 0.256 e. The number of ether oxygens (including phenoxy) is 2. The van der Waals surface area contributed by atoms with Crippen LogP contribution in [0.25, 0.3) is 22.2 Å². The van der Waals surface area contributed by atoms with Gasteiger partial charge in [0.15, 0.2) is 5.43 Å². The topological polar surface area (TPSA) is 196 Å². The highest BCUT2D eigenvalue weighted by molar-refractivity contribution is 7.90. The first-order chi connectivity index (χ1) is 27.5. The molecule has 15 heteroatoms. The molecule has 2 aliphatic rings. The molecule has 0 radical (unpaired) electrons. The second-order valence-electron chi connectivity index (χ2n) is 16.6. The van der Waals surface area contributed by atoms with E-state index in [9.17, 15) is 32.7 Å². The van der Waals surface area contributed by atoms with Gasteiger partial charge in [-0.25, -0.2) is 8.42 Å². The number of nitrogens with one attached hydrogen (secondary N) is 4. The summed E-state index contributed by atoms with van der Waals surface area (Å²) in [5.41, 5.74) is 2.59. The number of carbonyl (C=O) groups excluding carboxylic acids is 3. The van der Waals surface area contributed by atoms with E-state index in [4.69, 9.17) is 9.47 Å². The Balaban J connectivity index is 1.11. The molecule has 3 unspecified atom stereocenters. The number of aromatic amines is 1. The van der Waals surface area contributed by atoms with Crippen molar-refractivity contribution in [1.29, 1.82) is 0 Å². The molecular formula is C43H59N5O9S. The molecule has 2 heterocycles. The number of methoxy groups -OCH3 is 1. The van der Waals surface area contributed by atoms with Crippen molar-refractivity contribution >= 4 is 38.6 Å². The van der Waals surface area contributed by atoms with Gasteiger partial charge in [-0.3, -0.25) is 29.2 Å². The molecule has 5 atom stereocenters. The Labute approximate surface area is 341 Å². The number of likely N-dealkylation sites (tertiary alicyclic amines) is 1. The average molecular weight is 822 g/mol. The van der Waals surface area contributed by atoms with Crippen molar-refractivity contribution in [3.63, 3.8) is 0 Å². The standard InChI is InChI=1S/C43H59N5O9S/c1-7-14-32(39(50)47-58(54,55)30-20-21-30)45-40(51)35-19-13-22-48(35)41(52)38(43(3,4)5)46-42(53)57-26-27(2)15-11-12-18-29-23-31-34(25-37(29)56-6)44-33(24-36(31)49)28-16-9-8-10-17-28/h7-10,16-17,23-25,27,30,32,35,38,42,46,53H,1,11-15,18-22,26H2,2-6H3,(H,44,49)(H,45,51)(H,47,50)/t27?,32?,35-,38+,42?/m0/s1. The van der Waals surface area contributed by atoms with Crippen molar-refractivity contribution in [1.82, 2.24) is 25.2 Å². The Morgan fingerprint density at radius 1 is 1.09 bits per heavy atom. The minimum atomic E-state index is -3.82. The number of aryl methyl sites for hydroxylation is 1. The Morgan fingerprint density at radius 3 is 2.47 bits per heavy atom. The molecule has 2 aromatic carbocycles. The number of unbranched alkanes of at least 4 members (excludes halogenated alkanes) is 1. The molecule has 0 bridgehead atoms. The molecule has 1 aromatic heterocycles. The number of pyridine rings is 1. The molecule has 1 saturated heterocycles. The number of hydrogen-bond acceptors (Lipinski definition) is 10. The van der Waals surface area contributed by atoms with Crippen LogP contribution in [0.3, 0.4) is 0 Å². The highest BCUT2D eigenvalue weighted by atomic mass is 32.2. The number of nitrogens with zero attached hydrogens (tertiary/aromatic N) is 1. The quantitative estimate of drug-likeness (QED) is 0.0615. The number of amides is 3. The van der Waals surface area contributed by atoms with Gasteiger partial charge in [0.05, 0.1) is 30.5 Å². The number of H-pyrrole nitrogens is 1. The highest BCUT2D eigenvalue weighted by Crippen LogP contribution is 2.30. The van der Waals surface area contributed by atoms with Gasteiger partial charge in [-0.15, -0.1) is 6.58 Å². The fourth-order valence-electron chi connectivity index (χ4n) is 7.32. The van der Waals surface area contributed by atoms with Crippen molar-refractivity contribution in [3.05, 3.63) is 77.0 Å². The monoisotopic (exact) mass is 821 g/mol. The van der Waals surface area contributed by atoms with E-state index in [2.05, 4.69) is 26.9 Å². The molecule has 5 N–H and O–H groups in total. The molecule has 0 spiro atoms. The van der Waals surface area contributed by atoms with Crippen LogP contribution in [0.4, 0.5) is 0 Å². The summed E-state index contributed by atoms with van der Waals surface area (Å²) in [6.07, 6.45) is 5.07. The predicted octanol–water partition coefficient (Wildman–Crippen LogP) is 4.51. The lowest BCUT2D eigenvalue weighted by atomic mass is 9.85. The van der Waals surface area contributed by atoms with Crippen LogP contribution in [-0.4, -0.2) is 91.2 Å². The van der Waals surface area contributed by atoms with E-state index in [1.165, 1.54) is 11.0 Å². The van der Waals surface area contributed by atoms with Gasteiger partial charge in [0.25, 0.3) is 5.91 Å². The van der Waals surface area contributed by atoms with Crippen LogP contribution in [0.1, 0.15) is 84.6 Å². The van der Waals surface area contributed by atoms with Crippen molar-refractivity contribution < 1.29 is 37.4 Å². The first-order valence-electron chi connectivity index (χ1n) is 20.1. The maximum absolute atomic E-state index is 14.0. The third-order valence-corrected chi connectivity index (χ3v) is 12.6. The normalized spacial score (nSPS) is 18.0. The van der Waals surface area contributed by atoms with Crippen LogP contribution in [0, 0.1) is 11.3 Å². The van der Waals surface area contributed by atoms with Crippen LogP contribution >= 0.6 is 0 Å². The summed E-state index contributed by atoms with van der Waals surface area (Å²) in [6.45, 7) is 11.7. The second kappa shape index (κ2) is 19.5. The molecule has 58 heavy (non-hydrogen) atoms. The van der Waals surface area contributed by atoms with Gasteiger partial charge in [0, 0.05) is 29.8 Å². The van der Waals surface area contributed by atoms with Gasteiger partial charge in [-0.05, 0) is 79.9 Å². The number of aliphatic hydroxyl groups excluding tert-OH is 1. The van der Waals surface area contributed by atoms with Crippen LogP contribution in [0.5, 0.6) is 5.75 Å². The van der Waals surface area contributed by atoms with E-state index >= 15 is 0 Å². The van der Waals surface area contributed by atoms with Gasteiger partial charge in [-0.1, -0.05) is 70.5 Å². The van der Waals surface area contributed by atoms with E-state index in [1.807, 2.05) is 70.2 Å². The molecule has 2 fully saturated rings. The third-order valence-electron chi connectivity index (χ3n) is 10.7. The molecule has 5 rings (SSSR count). The minimum absolute atomic E-state index is 0.00453. The van der Waals surface area contributed by atoms with Gasteiger partial charge >= 0.3 is 0 Å². The summed E-state index contributed by atoms with van der Waals surface area (Å²) in [6, 6.07) is 12.1. The third kappa shape index (κ3) is 11.5. The summed E-state index contributed by atoms with van der Waals surface area (Å²) in [5.74, 6) is -1.01. The number of rotatable bonds is 20. The summed E-state index contributed by atoms with van der Waals surface area (Å²) in [4.78, 5) is 58.3. The summed E-state index contributed by atoms with van der Waals surface area (Å²) in [7, 11) is -2.20. The van der Waals surface area contributed by atoms with Crippen molar-refractivity contribution in [2.45, 2.75) is 115 Å². The largest absolute Gasteiger partial charge is 0.496 e. The average Bonchev–Trinajstić information content (AvgIpc) is 3.94. The van der Waals surface area contributed by atoms with Crippen LogP contribution in [0.15, 0.2) is 66.0 Å². The lowest BCUT2D eigenvalue weighted by molar-refractivity contribution is -0.158. The van der Waals surface area contributed by atoms with Crippen molar-refractivity contribution in [2.75, 3.05) is 20.3 Å². The van der Waals surface area contributed by atoms with Gasteiger partial charge in [-0.2, -0.15) is 0 Å². The molecule has 1 saturated carbocycles. The number of fused-ring (bicyclic) bond motifs is 1. The maximum atomic E-state index is 14.0. The summed E-state index contributed by atoms with van der Waals surface area (Å²) in [5, 5.41) is 16.5. The molecule has 1 aliphatic heterocycles. The van der Waals surface area contributed by atoms with Gasteiger partial charge in [0.1, 0.15) is 17.8 Å². The maximum Gasteiger partial charge on any atom is 0.256 e. The lowest BCUT2D eigenvalue weighted by Gasteiger charge is -2.37. The number of aromatic nitrogens is 1. The molecule has 14 nitrogen and oxygen atoms in total. The Kier molecular flexibility index (Phi) is 14.9. The first-order valence-corrected chi connectivity index (χ1v) is 21.7. The SMILES string of the molecule is C=CCC(NC(=O)[C@@H]1CCCN1C(=O)[C@@H](NC(O)OCC(C)CCCCc1cc2c(=O)cc(-c3ccccc3)[nH]c2cc1OC)C(C)(C)C)C(=O)NS(=O)(=O)C1CC1. The zero-order chi connectivity index (χ0) is 42.2. The Morgan fingerprint density at radius 2 is 1.81 bits per heavy atom. The summed E-state index contributed by atoms with van der Waals surface area (Å²) < 4.78 is 38.3. The first kappa shape index (κ1) is 44.5. The van der Waals surface area contributed by atoms with E-state index in [0.717, 1.165) is 36.1 Å².